The average Bonchev–Trinajstić information content (AvgIpc) is 2.53. The standard InChI is InChI=1S/C16H17ClO4/c1-19-12-5-4-6-13(20-2)15(12)16(18)10-7-8-11(17)14(9-10)21-3/h4-9,16,18H,1-3H3. The van der Waals surface area contributed by atoms with Crippen molar-refractivity contribution in [3.63, 3.8) is 0 Å². The van der Waals surface area contributed by atoms with Crippen molar-refractivity contribution in [3.05, 3.63) is 52.5 Å². The van der Waals surface area contributed by atoms with Gasteiger partial charge in [-0.3, -0.25) is 0 Å². The summed E-state index contributed by atoms with van der Waals surface area (Å²) in [6.45, 7) is 0. The largest absolute Gasteiger partial charge is 0.496 e. The molecule has 112 valence electrons. The van der Waals surface area contributed by atoms with E-state index in [1.807, 2.05) is 0 Å². The number of benzene rings is 2. The van der Waals surface area contributed by atoms with Crippen molar-refractivity contribution in [2.24, 2.45) is 0 Å². The molecule has 4 nitrogen and oxygen atoms in total. The molecule has 0 fully saturated rings. The fourth-order valence-electron chi connectivity index (χ4n) is 2.16. The van der Waals surface area contributed by atoms with Gasteiger partial charge in [-0.15, -0.1) is 0 Å². The van der Waals surface area contributed by atoms with Crippen LogP contribution < -0.4 is 14.2 Å². The third-order valence-electron chi connectivity index (χ3n) is 3.23. The Morgan fingerprint density at radius 2 is 1.48 bits per heavy atom. The minimum absolute atomic E-state index is 0.487. The van der Waals surface area contributed by atoms with Crippen LogP contribution in [0, 0.1) is 0 Å². The van der Waals surface area contributed by atoms with Crippen LogP contribution in [0.1, 0.15) is 17.2 Å². The van der Waals surface area contributed by atoms with Gasteiger partial charge in [0.05, 0.1) is 31.9 Å². The summed E-state index contributed by atoms with van der Waals surface area (Å²) in [5.74, 6) is 1.61. The predicted molar refractivity (Wildman–Crippen MR) is 81.6 cm³/mol. The van der Waals surface area contributed by atoms with Crippen molar-refractivity contribution in [3.8, 4) is 17.2 Å². The zero-order chi connectivity index (χ0) is 15.4. The Balaban J connectivity index is 2.51. The zero-order valence-electron chi connectivity index (χ0n) is 12.1. The number of aliphatic hydroxyl groups excluding tert-OH is 1. The molecule has 2 aromatic carbocycles. The van der Waals surface area contributed by atoms with Crippen molar-refractivity contribution >= 4 is 11.6 Å². The van der Waals surface area contributed by atoms with Gasteiger partial charge in [-0.1, -0.05) is 23.7 Å². The Morgan fingerprint density at radius 3 is 2.00 bits per heavy atom. The maximum absolute atomic E-state index is 10.7. The molecule has 0 heterocycles. The predicted octanol–water partition coefficient (Wildman–Crippen LogP) is 3.45. The summed E-state index contributed by atoms with van der Waals surface area (Å²) in [6, 6.07) is 10.5. The Morgan fingerprint density at radius 1 is 0.905 bits per heavy atom. The van der Waals surface area contributed by atoms with Gasteiger partial charge >= 0.3 is 0 Å². The lowest BCUT2D eigenvalue weighted by atomic mass is 9.99. The molecule has 2 aromatic rings. The average molecular weight is 309 g/mol. The van der Waals surface area contributed by atoms with E-state index in [-0.39, 0.29) is 0 Å². The van der Waals surface area contributed by atoms with Crippen LogP contribution in [0.4, 0.5) is 0 Å². The Hall–Kier alpha value is -1.91. The summed E-state index contributed by atoms with van der Waals surface area (Å²) in [7, 11) is 4.63. The van der Waals surface area contributed by atoms with E-state index in [4.69, 9.17) is 25.8 Å². The fraction of sp³-hybridized carbons (Fsp3) is 0.250. The Bertz CT molecular complexity index is 605. The number of methoxy groups -OCH3 is 3. The first-order valence-corrected chi connectivity index (χ1v) is 6.72. The van der Waals surface area contributed by atoms with Crippen molar-refractivity contribution in [2.75, 3.05) is 21.3 Å². The van der Waals surface area contributed by atoms with E-state index < -0.39 is 6.10 Å². The molecule has 1 atom stereocenters. The van der Waals surface area contributed by atoms with Crippen LogP contribution >= 0.6 is 11.6 Å². The molecule has 0 amide bonds. The van der Waals surface area contributed by atoms with Gasteiger partial charge in [0, 0.05) is 0 Å². The van der Waals surface area contributed by atoms with Gasteiger partial charge in [-0.05, 0) is 29.8 Å². The molecule has 0 saturated carbocycles. The molecule has 5 heteroatoms. The topological polar surface area (TPSA) is 47.9 Å². The highest BCUT2D eigenvalue weighted by Gasteiger charge is 2.21. The van der Waals surface area contributed by atoms with Gasteiger partial charge in [0.1, 0.15) is 23.4 Å². The van der Waals surface area contributed by atoms with E-state index in [1.165, 1.54) is 7.11 Å². The van der Waals surface area contributed by atoms with Crippen molar-refractivity contribution in [1.29, 1.82) is 0 Å². The molecular weight excluding hydrogens is 292 g/mol. The lowest BCUT2D eigenvalue weighted by Crippen LogP contribution is -2.05. The smallest absolute Gasteiger partial charge is 0.137 e. The number of ether oxygens (including phenoxy) is 3. The van der Waals surface area contributed by atoms with E-state index in [0.717, 1.165) is 0 Å². The number of halogens is 1. The third-order valence-corrected chi connectivity index (χ3v) is 3.54. The molecule has 0 radical (unpaired) electrons. The Kier molecular flexibility index (Phi) is 4.94. The molecule has 2 rings (SSSR count). The normalized spacial score (nSPS) is 11.9. The van der Waals surface area contributed by atoms with Crippen LogP contribution in [0.3, 0.4) is 0 Å². The fourth-order valence-corrected chi connectivity index (χ4v) is 2.36. The minimum atomic E-state index is -0.915. The first-order valence-electron chi connectivity index (χ1n) is 6.34. The van der Waals surface area contributed by atoms with E-state index in [9.17, 15) is 5.11 Å². The van der Waals surface area contributed by atoms with E-state index >= 15 is 0 Å². The summed E-state index contributed by atoms with van der Waals surface area (Å²) in [4.78, 5) is 0. The third kappa shape index (κ3) is 3.06. The summed E-state index contributed by atoms with van der Waals surface area (Å²) in [5, 5.41) is 11.2. The maximum atomic E-state index is 10.7. The van der Waals surface area contributed by atoms with Crippen molar-refractivity contribution in [2.45, 2.75) is 6.10 Å². The first-order chi connectivity index (χ1) is 10.1. The van der Waals surface area contributed by atoms with Crippen LogP contribution in [-0.2, 0) is 0 Å². The van der Waals surface area contributed by atoms with Crippen molar-refractivity contribution < 1.29 is 19.3 Å². The van der Waals surface area contributed by atoms with Crippen LogP contribution in [0.15, 0.2) is 36.4 Å². The molecular formula is C16H17ClO4. The quantitative estimate of drug-likeness (QED) is 0.919. The van der Waals surface area contributed by atoms with Crippen LogP contribution in [-0.4, -0.2) is 26.4 Å². The lowest BCUT2D eigenvalue weighted by molar-refractivity contribution is 0.208. The second kappa shape index (κ2) is 6.70. The number of aliphatic hydroxyl groups is 1. The van der Waals surface area contributed by atoms with Crippen molar-refractivity contribution in [1.82, 2.24) is 0 Å². The van der Waals surface area contributed by atoms with Gasteiger partial charge in [-0.2, -0.15) is 0 Å². The van der Waals surface area contributed by atoms with Gasteiger partial charge in [-0.25, -0.2) is 0 Å². The highest BCUT2D eigenvalue weighted by Crippen LogP contribution is 2.39. The molecule has 0 saturated heterocycles. The maximum Gasteiger partial charge on any atom is 0.137 e. The van der Waals surface area contributed by atoms with E-state index in [1.54, 1.807) is 50.6 Å². The SMILES string of the molecule is COc1cc(C(O)c2c(OC)cccc2OC)ccc1Cl. The highest BCUT2D eigenvalue weighted by molar-refractivity contribution is 6.32. The van der Waals surface area contributed by atoms with Crippen LogP contribution in [0.5, 0.6) is 17.2 Å². The molecule has 0 aliphatic carbocycles. The summed E-state index contributed by atoms with van der Waals surface area (Å²) in [6.07, 6.45) is -0.915. The highest BCUT2D eigenvalue weighted by atomic mass is 35.5. The molecule has 1 N–H and O–H groups in total. The molecule has 0 bridgehead atoms. The van der Waals surface area contributed by atoms with Crippen LogP contribution in [0.2, 0.25) is 5.02 Å². The second-order valence-corrected chi connectivity index (χ2v) is 4.78. The van der Waals surface area contributed by atoms with Gasteiger partial charge in [0.15, 0.2) is 0 Å². The number of rotatable bonds is 5. The van der Waals surface area contributed by atoms with Crippen LogP contribution in [0.25, 0.3) is 0 Å². The van der Waals surface area contributed by atoms with E-state index in [0.29, 0.717) is 33.4 Å². The summed E-state index contributed by atoms with van der Waals surface area (Å²) >= 11 is 6.01. The van der Waals surface area contributed by atoms with Gasteiger partial charge in [0.2, 0.25) is 0 Å². The zero-order valence-corrected chi connectivity index (χ0v) is 12.8. The molecule has 21 heavy (non-hydrogen) atoms. The van der Waals surface area contributed by atoms with Gasteiger partial charge in [0.25, 0.3) is 0 Å². The Labute approximate surface area is 128 Å². The molecule has 0 aliphatic rings. The minimum Gasteiger partial charge on any atom is -0.496 e. The second-order valence-electron chi connectivity index (χ2n) is 4.37. The molecule has 1 unspecified atom stereocenters. The number of hydrogen-bond donors (Lipinski definition) is 1. The van der Waals surface area contributed by atoms with E-state index in [2.05, 4.69) is 0 Å². The molecule has 0 aromatic heterocycles. The molecule has 0 aliphatic heterocycles. The molecule has 0 spiro atoms. The van der Waals surface area contributed by atoms with Gasteiger partial charge < -0.3 is 19.3 Å². The first kappa shape index (κ1) is 15.5. The number of hydrogen-bond acceptors (Lipinski definition) is 4. The summed E-state index contributed by atoms with van der Waals surface area (Å²) < 4.78 is 15.8. The lowest BCUT2D eigenvalue weighted by Gasteiger charge is -2.19. The summed E-state index contributed by atoms with van der Waals surface area (Å²) in [5.41, 5.74) is 1.20. The monoisotopic (exact) mass is 308 g/mol.